The van der Waals surface area contributed by atoms with Crippen molar-refractivity contribution in [3.05, 3.63) is 74.6 Å². The number of hydrogen-bond donors (Lipinski definition) is 0. The summed E-state index contributed by atoms with van der Waals surface area (Å²) in [6.45, 7) is 3.80. The molecule has 0 atom stereocenters. The predicted octanol–water partition coefficient (Wildman–Crippen LogP) is 4.82. The number of aromatic nitrogens is 1. The topological polar surface area (TPSA) is 90.8 Å². The van der Waals surface area contributed by atoms with Crippen LogP contribution in [0.5, 0.6) is 5.75 Å². The number of amides is 1. The van der Waals surface area contributed by atoms with Crippen molar-refractivity contribution < 1.29 is 18.9 Å². The van der Waals surface area contributed by atoms with E-state index in [-0.39, 0.29) is 11.6 Å². The van der Waals surface area contributed by atoms with Gasteiger partial charge in [-0.3, -0.25) is 19.6 Å². The summed E-state index contributed by atoms with van der Waals surface area (Å²) in [5.41, 5.74) is 1.96. The maximum Gasteiger partial charge on any atom is 0.285 e. The molecule has 4 rings (SSSR count). The van der Waals surface area contributed by atoms with Crippen molar-refractivity contribution in [3.8, 4) is 17.1 Å². The second-order valence-electron chi connectivity index (χ2n) is 6.76. The zero-order valence-electron chi connectivity index (χ0n) is 16.8. The van der Waals surface area contributed by atoms with Crippen LogP contribution in [-0.4, -0.2) is 26.9 Å². The van der Waals surface area contributed by atoms with Crippen LogP contribution in [0.4, 0.5) is 5.69 Å². The molecule has 1 aliphatic rings. The molecule has 0 spiro atoms. The zero-order valence-corrected chi connectivity index (χ0v) is 18.5. The number of methoxy groups -OCH3 is 1. The Hall–Kier alpha value is -3.37. The summed E-state index contributed by atoms with van der Waals surface area (Å²) in [6.07, 6.45) is 1.59. The Labute approximate surface area is 187 Å². The smallest absolute Gasteiger partial charge is 0.285 e. The van der Waals surface area contributed by atoms with E-state index in [4.69, 9.17) is 21.4 Å². The van der Waals surface area contributed by atoms with Gasteiger partial charge in [0.2, 0.25) is 0 Å². The molecule has 0 bridgehead atoms. The SMILES string of the molecule is COc1ccc(-c2ccc(/C=C3/SC(=S)N(n4c(C)ccc4C)C3=O)o2)c([N+](=O)[O-])c1. The molecule has 8 nitrogen and oxygen atoms in total. The molecular formula is C21H17N3O5S2. The van der Waals surface area contributed by atoms with Crippen LogP contribution < -0.4 is 9.75 Å². The molecule has 0 saturated carbocycles. The van der Waals surface area contributed by atoms with Gasteiger partial charge in [-0.1, -0.05) is 11.8 Å². The first-order valence-corrected chi connectivity index (χ1v) is 10.4. The third kappa shape index (κ3) is 3.75. The van der Waals surface area contributed by atoms with Gasteiger partial charge in [-0.2, -0.15) is 5.01 Å². The number of rotatable bonds is 5. The van der Waals surface area contributed by atoms with Crippen LogP contribution in [0.1, 0.15) is 17.1 Å². The van der Waals surface area contributed by atoms with E-state index in [1.165, 1.54) is 29.9 Å². The molecule has 1 saturated heterocycles. The number of ether oxygens (including phenoxy) is 1. The van der Waals surface area contributed by atoms with Gasteiger partial charge in [-0.15, -0.1) is 0 Å². The molecule has 1 amide bonds. The Morgan fingerprint density at radius 2 is 1.87 bits per heavy atom. The highest BCUT2D eigenvalue weighted by Crippen LogP contribution is 2.36. The van der Waals surface area contributed by atoms with Crippen molar-refractivity contribution in [2.24, 2.45) is 0 Å². The maximum atomic E-state index is 13.0. The average molecular weight is 456 g/mol. The first-order chi connectivity index (χ1) is 14.8. The number of nitro groups is 1. The highest BCUT2D eigenvalue weighted by molar-refractivity contribution is 8.27. The van der Waals surface area contributed by atoms with E-state index in [0.717, 1.165) is 11.4 Å². The van der Waals surface area contributed by atoms with E-state index in [2.05, 4.69) is 0 Å². The number of carbonyl (C=O) groups excluding carboxylic acids is 1. The van der Waals surface area contributed by atoms with E-state index in [9.17, 15) is 14.9 Å². The number of carbonyl (C=O) groups is 1. The molecular weight excluding hydrogens is 438 g/mol. The van der Waals surface area contributed by atoms with Crippen molar-refractivity contribution in [1.82, 2.24) is 4.68 Å². The van der Waals surface area contributed by atoms with Gasteiger partial charge >= 0.3 is 0 Å². The van der Waals surface area contributed by atoms with Gasteiger partial charge in [0.05, 0.1) is 28.6 Å². The molecule has 3 aromatic rings. The van der Waals surface area contributed by atoms with Crippen molar-refractivity contribution >= 4 is 46.0 Å². The van der Waals surface area contributed by atoms with Crippen LogP contribution in [0.2, 0.25) is 0 Å². The lowest BCUT2D eigenvalue weighted by Gasteiger charge is -2.20. The maximum absolute atomic E-state index is 13.0. The number of hydrogen-bond acceptors (Lipinski definition) is 7. The lowest BCUT2D eigenvalue weighted by molar-refractivity contribution is -0.384. The summed E-state index contributed by atoms with van der Waals surface area (Å²) in [7, 11) is 1.44. The van der Waals surface area contributed by atoms with Crippen LogP contribution in [0.3, 0.4) is 0 Å². The largest absolute Gasteiger partial charge is 0.497 e. The second-order valence-corrected chi connectivity index (χ2v) is 8.44. The second kappa shape index (κ2) is 8.05. The molecule has 1 aromatic carbocycles. The van der Waals surface area contributed by atoms with Gasteiger partial charge in [0.15, 0.2) is 4.32 Å². The Bertz CT molecular complexity index is 1240. The minimum absolute atomic E-state index is 0.134. The molecule has 10 heteroatoms. The summed E-state index contributed by atoms with van der Waals surface area (Å²) in [5, 5.41) is 12.9. The van der Waals surface area contributed by atoms with E-state index in [0.29, 0.717) is 32.1 Å². The van der Waals surface area contributed by atoms with Crippen molar-refractivity contribution in [3.63, 3.8) is 0 Å². The number of thioether (sulfide) groups is 1. The molecule has 158 valence electrons. The minimum atomic E-state index is -0.493. The molecule has 0 N–H and O–H groups in total. The fraction of sp³-hybridized carbons (Fsp3) is 0.143. The Balaban J connectivity index is 1.66. The van der Waals surface area contributed by atoms with Crippen LogP contribution in [0.15, 0.2) is 51.8 Å². The number of benzene rings is 1. The Morgan fingerprint density at radius 3 is 2.52 bits per heavy atom. The standard InChI is InChI=1S/C21H17N3O5S2/c1-12-4-5-13(2)22(12)23-20(25)19(31-21(23)30)11-15-7-9-18(29-15)16-8-6-14(28-3)10-17(16)24(26)27/h4-11H,1-3H3/b19-11+. The molecule has 1 fully saturated rings. The summed E-state index contributed by atoms with van der Waals surface area (Å²) in [6, 6.07) is 11.6. The monoisotopic (exact) mass is 455 g/mol. The third-order valence-electron chi connectivity index (χ3n) is 4.77. The fourth-order valence-electron chi connectivity index (χ4n) is 3.31. The van der Waals surface area contributed by atoms with Crippen LogP contribution in [0.25, 0.3) is 17.4 Å². The van der Waals surface area contributed by atoms with E-state index in [1.807, 2.05) is 26.0 Å². The van der Waals surface area contributed by atoms with Crippen molar-refractivity contribution in [2.75, 3.05) is 12.1 Å². The number of thiocarbonyl (C=S) groups is 1. The van der Waals surface area contributed by atoms with E-state index in [1.54, 1.807) is 35.0 Å². The van der Waals surface area contributed by atoms with Crippen LogP contribution >= 0.6 is 24.0 Å². The lowest BCUT2D eigenvalue weighted by Crippen LogP contribution is -2.39. The van der Waals surface area contributed by atoms with Crippen LogP contribution in [0, 0.1) is 24.0 Å². The summed E-state index contributed by atoms with van der Waals surface area (Å²) >= 11 is 6.59. The molecule has 1 aliphatic heterocycles. The van der Waals surface area contributed by atoms with E-state index < -0.39 is 4.92 Å². The number of nitro benzene ring substituents is 1. The summed E-state index contributed by atoms with van der Waals surface area (Å²) in [4.78, 5) is 24.4. The van der Waals surface area contributed by atoms with Gasteiger partial charge in [-0.05, 0) is 62.5 Å². The highest BCUT2D eigenvalue weighted by Gasteiger charge is 2.35. The van der Waals surface area contributed by atoms with Gasteiger partial charge in [0.25, 0.3) is 11.6 Å². The van der Waals surface area contributed by atoms with Gasteiger partial charge in [0.1, 0.15) is 17.3 Å². The van der Waals surface area contributed by atoms with Gasteiger partial charge in [0, 0.05) is 17.5 Å². The highest BCUT2D eigenvalue weighted by atomic mass is 32.2. The molecule has 3 heterocycles. The lowest BCUT2D eigenvalue weighted by atomic mass is 10.1. The molecule has 31 heavy (non-hydrogen) atoms. The van der Waals surface area contributed by atoms with E-state index >= 15 is 0 Å². The quantitative estimate of drug-likeness (QED) is 0.236. The molecule has 0 aliphatic carbocycles. The zero-order chi connectivity index (χ0) is 22.3. The first kappa shape index (κ1) is 20.9. The van der Waals surface area contributed by atoms with Crippen LogP contribution in [-0.2, 0) is 4.79 Å². The summed E-state index contributed by atoms with van der Waals surface area (Å²) in [5.74, 6) is 0.821. The number of aryl methyl sites for hydroxylation is 2. The third-order valence-corrected chi connectivity index (χ3v) is 6.06. The Morgan fingerprint density at radius 1 is 1.16 bits per heavy atom. The normalized spacial score (nSPS) is 15.2. The Kier molecular flexibility index (Phi) is 5.42. The number of furan rings is 1. The summed E-state index contributed by atoms with van der Waals surface area (Å²) < 4.78 is 13.0. The van der Waals surface area contributed by atoms with Gasteiger partial charge < -0.3 is 9.15 Å². The molecule has 0 radical (unpaired) electrons. The average Bonchev–Trinajstić information content (AvgIpc) is 3.41. The van der Waals surface area contributed by atoms with Crippen molar-refractivity contribution in [1.29, 1.82) is 0 Å². The first-order valence-electron chi connectivity index (χ1n) is 9.16. The van der Waals surface area contributed by atoms with Gasteiger partial charge in [-0.25, -0.2) is 0 Å². The molecule has 2 aromatic heterocycles. The minimum Gasteiger partial charge on any atom is -0.497 e. The number of nitrogens with zero attached hydrogens (tertiary/aromatic N) is 3. The van der Waals surface area contributed by atoms with Crippen molar-refractivity contribution in [2.45, 2.75) is 13.8 Å². The predicted molar refractivity (Wildman–Crippen MR) is 123 cm³/mol. The fourth-order valence-corrected chi connectivity index (χ4v) is 4.53. The molecule has 0 unspecified atom stereocenters.